The molecule has 0 bridgehead atoms. The summed E-state index contributed by atoms with van der Waals surface area (Å²) in [5.41, 5.74) is 1.11. The van der Waals surface area contributed by atoms with E-state index in [0.717, 1.165) is 31.2 Å². The summed E-state index contributed by atoms with van der Waals surface area (Å²) in [6.45, 7) is 0. The second kappa shape index (κ2) is 4.09. The van der Waals surface area contributed by atoms with Crippen molar-refractivity contribution in [3.63, 3.8) is 0 Å². The molecule has 1 fully saturated rings. The maximum Gasteiger partial charge on any atom is 0.133 e. The van der Waals surface area contributed by atoms with Gasteiger partial charge >= 0.3 is 0 Å². The van der Waals surface area contributed by atoms with Crippen LogP contribution in [-0.2, 0) is 11.2 Å². The van der Waals surface area contributed by atoms with Crippen molar-refractivity contribution in [2.24, 2.45) is 5.92 Å². The molecule has 0 amide bonds. The molecule has 0 radical (unpaired) electrons. The lowest BCUT2D eigenvalue weighted by Gasteiger charge is -2.08. The molecule has 0 saturated heterocycles. The van der Waals surface area contributed by atoms with Gasteiger partial charge in [-0.05, 0) is 30.4 Å². The van der Waals surface area contributed by atoms with Gasteiger partial charge in [-0.2, -0.15) is 0 Å². The minimum atomic E-state index is 0.389. The first-order chi connectivity index (χ1) is 6.75. The Hall–Kier alpha value is -0.890. The number of Topliss-reactive ketones (excluding diaryl/α,β-unsaturated/α-hetero) is 1. The van der Waals surface area contributed by atoms with Gasteiger partial charge in [0.25, 0.3) is 0 Å². The fourth-order valence-corrected chi connectivity index (χ4v) is 2.14. The van der Waals surface area contributed by atoms with E-state index in [0.29, 0.717) is 16.7 Å². The average Bonchev–Trinajstić information content (AvgIpc) is 2.56. The number of carbonyl (C=O) groups excluding carboxylic acids is 1. The second-order valence-corrected chi connectivity index (χ2v) is 4.23. The second-order valence-electron chi connectivity index (χ2n) is 3.82. The number of pyridine rings is 1. The Morgan fingerprint density at radius 3 is 3.07 bits per heavy atom. The molecule has 1 aromatic rings. The highest BCUT2D eigenvalue weighted by molar-refractivity contribution is 6.31. The first-order valence-corrected chi connectivity index (χ1v) is 5.23. The van der Waals surface area contributed by atoms with Gasteiger partial charge in [0.05, 0.1) is 5.02 Å². The van der Waals surface area contributed by atoms with E-state index in [1.807, 2.05) is 6.07 Å². The predicted molar refractivity (Wildman–Crippen MR) is 55.3 cm³/mol. The van der Waals surface area contributed by atoms with Crippen LogP contribution < -0.4 is 0 Å². The van der Waals surface area contributed by atoms with Crippen LogP contribution >= 0.6 is 11.6 Å². The topological polar surface area (TPSA) is 30.0 Å². The first-order valence-electron chi connectivity index (χ1n) is 4.86. The van der Waals surface area contributed by atoms with Crippen LogP contribution in [0.5, 0.6) is 0 Å². The predicted octanol–water partition coefficient (Wildman–Crippen LogP) is 2.65. The van der Waals surface area contributed by atoms with Crippen molar-refractivity contribution in [1.29, 1.82) is 0 Å². The van der Waals surface area contributed by atoms with Gasteiger partial charge in [0, 0.05) is 25.2 Å². The molecule has 3 heteroatoms. The van der Waals surface area contributed by atoms with Crippen molar-refractivity contribution in [2.75, 3.05) is 0 Å². The molecule has 1 aromatic heterocycles. The zero-order valence-electron chi connectivity index (χ0n) is 7.87. The third kappa shape index (κ3) is 2.13. The smallest absolute Gasteiger partial charge is 0.133 e. The molecular weight excluding hydrogens is 198 g/mol. The van der Waals surface area contributed by atoms with Gasteiger partial charge in [0.1, 0.15) is 5.78 Å². The number of hydrogen-bond acceptors (Lipinski definition) is 2. The van der Waals surface area contributed by atoms with Crippen LogP contribution in [0.3, 0.4) is 0 Å². The van der Waals surface area contributed by atoms with E-state index in [1.54, 1.807) is 12.4 Å². The summed E-state index contributed by atoms with van der Waals surface area (Å²) in [6.07, 6.45) is 6.79. The largest absolute Gasteiger partial charge is 0.300 e. The van der Waals surface area contributed by atoms with Gasteiger partial charge in [-0.15, -0.1) is 0 Å². The van der Waals surface area contributed by atoms with Crippen LogP contribution in [0, 0.1) is 5.92 Å². The number of hydrogen-bond donors (Lipinski definition) is 0. The zero-order chi connectivity index (χ0) is 9.97. The van der Waals surface area contributed by atoms with Gasteiger partial charge in [-0.25, -0.2) is 0 Å². The molecule has 0 N–H and O–H groups in total. The molecule has 0 spiro atoms. The summed E-state index contributed by atoms with van der Waals surface area (Å²) in [7, 11) is 0. The monoisotopic (exact) mass is 209 g/mol. The SMILES string of the molecule is O=C1CCC(Cc2ccncc2Cl)C1. The third-order valence-electron chi connectivity index (χ3n) is 2.71. The number of carbonyl (C=O) groups is 1. The van der Waals surface area contributed by atoms with E-state index in [4.69, 9.17) is 11.6 Å². The van der Waals surface area contributed by atoms with Crippen LogP contribution in [0.4, 0.5) is 0 Å². The van der Waals surface area contributed by atoms with Crippen molar-refractivity contribution < 1.29 is 4.79 Å². The molecule has 1 unspecified atom stereocenters. The molecule has 0 aromatic carbocycles. The summed E-state index contributed by atoms with van der Waals surface area (Å²) in [4.78, 5) is 15.0. The number of aromatic nitrogens is 1. The van der Waals surface area contributed by atoms with Crippen molar-refractivity contribution in [2.45, 2.75) is 25.7 Å². The molecule has 14 heavy (non-hydrogen) atoms. The number of ketones is 1. The summed E-state index contributed by atoms with van der Waals surface area (Å²) < 4.78 is 0. The van der Waals surface area contributed by atoms with Gasteiger partial charge in [0.15, 0.2) is 0 Å². The lowest BCUT2D eigenvalue weighted by molar-refractivity contribution is -0.117. The Labute approximate surface area is 88.3 Å². The fraction of sp³-hybridized carbons (Fsp3) is 0.455. The van der Waals surface area contributed by atoms with Gasteiger partial charge in [0.2, 0.25) is 0 Å². The minimum Gasteiger partial charge on any atom is -0.300 e. The van der Waals surface area contributed by atoms with Crippen LogP contribution in [-0.4, -0.2) is 10.8 Å². The fourth-order valence-electron chi connectivity index (χ4n) is 1.95. The highest BCUT2D eigenvalue weighted by Crippen LogP contribution is 2.27. The number of halogens is 1. The van der Waals surface area contributed by atoms with Gasteiger partial charge in [-0.1, -0.05) is 11.6 Å². The Morgan fingerprint density at radius 1 is 1.57 bits per heavy atom. The Bertz CT molecular complexity index is 351. The lowest BCUT2D eigenvalue weighted by Crippen LogP contribution is -2.00. The molecule has 2 rings (SSSR count). The van der Waals surface area contributed by atoms with E-state index >= 15 is 0 Å². The zero-order valence-corrected chi connectivity index (χ0v) is 8.63. The molecule has 1 saturated carbocycles. The Morgan fingerprint density at radius 2 is 2.43 bits per heavy atom. The summed E-state index contributed by atoms with van der Waals surface area (Å²) in [5.74, 6) is 0.877. The van der Waals surface area contributed by atoms with Crippen molar-refractivity contribution in [3.05, 3.63) is 29.0 Å². The molecule has 74 valence electrons. The Kier molecular flexibility index (Phi) is 2.82. The first kappa shape index (κ1) is 9.66. The van der Waals surface area contributed by atoms with Crippen LogP contribution in [0.2, 0.25) is 5.02 Å². The quantitative estimate of drug-likeness (QED) is 0.750. The van der Waals surface area contributed by atoms with E-state index in [9.17, 15) is 4.79 Å². The highest BCUT2D eigenvalue weighted by atomic mass is 35.5. The van der Waals surface area contributed by atoms with E-state index in [1.165, 1.54) is 0 Å². The lowest BCUT2D eigenvalue weighted by atomic mass is 9.99. The molecule has 1 atom stereocenters. The van der Waals surface area contributed by atoms with Crippen LogP contribution in [0.15, 0.2) is 18.5 Å². The van der Waals surface area contributed by atoms with Crippen molar-refractivity contribution in [1.82, 2.24) is 4.98 Å². The minimum absolute atomic E-state index is 0.389. The highest BCUT2D eigenvalue weighted by Gasteiger charge is 2.22. The maximum atomic E-state index is 11.1. The van der Waals surface area contributed by atoms with Crippen LogP contribution in [0.25, 0.3) is 0 Å². The van der Waals surface area contributed by atoms with Gasteiger partial charge in [-0.3, -0.25) is 9.78 Å². The number of nitrogens with zero attached hydrogens (tertiary/aromatic N) is 1. The molecule has 1 heterocycles. The third-order valence-corrected chi connectivity index (χ3v) is 3.05. The average molecular weight is 210 g/mol. The van der Waals surface area contributed by atoms with Crippen LogP contribution in [0.1, 0.15) is 24.8 Å². The molecule has 1 aliphatic carbocycles. The van der Waals surface area contributed by atoms with Crippen molar-refractivity contribution in [3.8, 4) is 0 Å². The summed E-state index contributed by atoms with van der Waals surface area (Å²) in [6, 6.07) is 1.94. The molecular formula is C11H12ClNO. The molecule has 0 aliphatic heterocycles. The van der Waals surface area contributed by atoms with Gasteiger partial charge < -0.3 is 0 Å². The number of rotatable bonds is 2. The summed E-state index contributed by atoms with van der Waals surface area (Å²) in [5, 5.41) is 0.715. The molecule has 1 aliphatic rings. The summed E-state index contributed by atoms with van der Waals surface area (Å²) >= 11 is 5.99. The van der Waals surface area contributed by atoms with E-state index in [-0.39, 0.29) is 0 Å². The molecule has 2 nitrogen and oxygen atoms in total. The standard InChI is InChI=1S/C11H12ClNO/c12-11-7-13-4-3-9(11)5-8-1-2-10(14)6-8/h3-4,7-8H,1-2,5-6H2. The normalized spacial score (nSPS) is 21.5. The van der Waals surface area contributed by atoms with E-state index < -0.39 is 0 Å². The Balaban J connectivity index is 2.04. The maximum absolute atomic E-state index is 11.1. The van der Waals surface area contributed by atoms with E-state index in [2.05, 4.69) is 4.98 Å². The van der Waals surface area contributed by atoms with Crippen molar-refractivity contribution >= 4 is 17.4 Å².